The average molecular weight is 362 g/mol. The number of benzene rings is 2. The van der Waals surface area contributed by atoms with Gasteiger partial charge in [-0.3, -0.25) is 4.79 Å². The zero-order chi connectivity index (χ0) is 19.1. The van der Waals surface area contributed by atoms with Gasteiger partial charge in [-0.15, -0.1) is 0 Å². The first-order valence-electron chi connectivity index (χ1n) is 8.31. The molecule has 3 rings (SSSR count). The van der Waals surface area contributed by atoms with E-state index in [0.29, 0.717) is 22.6 Å². The number of hydrogen-bond acceptors (Lipinski definition) is 5. The highest BCUT2D eigenvalue weighted by molar-refractivity contribution is 5.96. The molecule has 0 spiro atoms. The van der Waals surface area contributed by atoms with Crippen LogP contribution >= 0.6 is 0 Å². The van der Waals surface area contributed by atoms with Crippen molar-refractivity contribution in [2.24, 2.45) is 5.10 Å². The second kappa shape index (κ2) is 8.62. The fourth-order valence-electron chi connectivity index (χ4n) is 2.54. The molecule has 0 aliphatic heterocycles. The molecule has 2 aromatic carbocycles. The van der Waals surface area contributed by atoms with Crippen LogP contribution in [0.5, 0.6) is 0 Å². The Morgan fingerprint density at radius 2 is 1.78 bits per heavy atom. The maximum atomic E-state index is 11.9. The standard InChI is InChI=1S/C21H18N2O4/c1-26-21(25)18-10-6-5-9-17(18)19-12-11-16(27-19)14-22-23-20(24)13-15-7-3-2-4-8-15/h2-12,14H,13H2,1H3,(H,23,24)/b22-14-. The van der Waals surface area contributed by atoms with Crippen molar-refractivity contribution in [2.45, 2.75) is 6.42 Å². The molecular formula is C21H18N2O4. The van der Waals surface area contributed by atoms with Crippen LogP contribution in [0.15, 0.2) is 76.2 Å². The number of hydrazone groups is 1. The van der Waals surface area contributed by atoms with Crippen LogP contribution in [0.4, 0.5) is 0 Å². The summed E-state index contributed by atoms with van der Waals surface area (Å²) in [7, 11) is 1.33. The van der Waals surface area contributed by atoms with Crippen LogP contribution in [0, 0.1) is 0 Å². The Morgan fingerprint density at radius 1 is 1.04 bits per heavy atom. The number of nitrogens with zero attached hydrogens (tertiary/aromatic N) is 1. The molecule has 0 fully saturated rings. The highest BCUT2D eigenvalue weighted by atomic mass is 16.5. The molecule has 0 aliphatic carbocycles. The van der Waals surface area contributed by atoms with Gasteiger partial charge in [0.2, 0.25) is 5.91 Å². The second-order valence-corrected chi connectivity index (χ2v) is 5.69. The Kier molecular flexibility index (Phi) is 5.79. The lowest BCUT2D eigenvalue weighted by molar-refractivity contribution is -0.120. The molecular weight excluding hydrogens is 344 g/mol. The predicted molar refractivity (Wildman–Crippen MR) is 101 cm³/mol. The van der Waals surface area contributed by atoms with Crippen LogP contribution in [-0.2, 0) is 16.0 Å². The van der Waals surface area contributed by atoms with Crippen molar-refractivity contribution < 1.29 is 18.7 Å². The van der Waals surface area contributed by atoms with Gasteiger partial charge in [-0.1, -0.05) is 48.5 Å². The fraction of sp³-hybridized carbons (Fsp3) is 0.0952. The number of carbonyl (C=O) groups is 2. The van der Waals surface area contributed by atoms with Crippen molar-refractivity contribution in [3.05, 3.63) is 83.6 Å². The van der Waals surface area contributed by atoms with E-state index in [1.807, 2.05) is 36.4 Å². The highest BCUT2D eigenvalue weighted by Gasteiger charge is 2.15. The minimum absolute atomic E-state index is 0.222. The zero-order valence-corrected chi connectivity index (χ0v) is 14.7. The molecule has 6 heteroatoms. The number of nitrogens with one attached hydrogen (secondary N) is 1. The zero-order valence-electron chi connectivity index (χ0n) is 14.7. The van der Waals surface area contributed by atoms with Crippen molar-refractivity contribution in [2.75, 3.05) is 7.11 Å². The molecule has 0 saturated carbocycles. The number of hydrogen-bond donors (Lipinski definition) is 1. The summed E-state index contributed by atoms with van der Waals surface area (Å²) >= 11 is 0. The summed E-state index contributed by atoms with van der Waals surface area (Å²) in [6, 6.07) is 19.8. The van der Waals surface area contributed by atoms with Gasteiger partial charge in [-0.25, -0.2) is 10.2 Å². The van der Waals surface area contributed by atoms with Gasteiger partial charge in [0.05, 0.1) is 25.3 Å². The van der Waals surface area contributed by atoms with Crippen LogP contribution in [-0.4, -0.2) is 25.2 Å². The number of carbonyl (C=O) groups excluding carboxylic acids is 2. The van der Waals surface area contributed by atoms with E-state index in [1.165, 1.54) is 13.3 Å². The molecule has 0 saturated heterocycles. The molecule has 0 unspecified atom stereocenters. The van der Waals surface area contributed by atoms with Gasteiger partial charge in [-0.05, 0) is 23.8 Å². The number of furan rings is 1. The summed E-state index contributed by atoms with van der Waals surface area (Å²) in [5, 5.41) is 3.91. The Morgan fingerprint density at radius 3 is 2.56 bits per heavy atom. The number of methoxy groups -OCH3 is 1. The summed E-state index contributed by atoms with van der Waals surface area (Å²) in [5.74, 6) is 0.295. The van der Waals surface area contributed by atoms with Crippen LogP contribution in [0.1, 0.15) is 21.7 Å². The van der Waals surface area contributed by atoms with Crippen LogP contribution in [0.25, 0.3) is 11.3 Å². The van der Waals surface area contributed by atoms with Gasteiger partial charge in [0.25, 0.3) is 0 Å². The van der Waals surface area contributed by atoms with Gasteiger partial charge in [0, 0.05) is 5.56 Å². The SMILES string of the molecule is COC(=O)c1ccccc1-c1ccc(/C=N\NC(=O)Cc2ccccc2)o1. The molecule has 1 amide bonds. The van der Waals surface area contributed by atoms with Gasteiger partial charge >= 0.3 is 5.97 Å². The normalized spacial score (nSPS) is 10.7. The predicted octanol–water partition coefficient (Wildman–Crippen LogP) is 3.43. The molecule has 136 valence electrons. The first-order chi connectivity index (χ1) is 13.2. The number of amides is 1. The number of esters is 1. The molecule has 1 N–H and O–H groups in total. The van der Waals surface area contributed by atoms with E-state index in [1.54, 1.807) is 30.3 Å². The molecule has 0 atom stereocenters. The summed E-state index contributed by atoms with van der Waals surface area (Å²) in [4.78, 5) is 23.7. The summed E-state index contributed by atoms with van der Waals surface area (Å²) in [6.45, 7) is 0. The molecule has 1 aromatic heterocycles. The fourth-order valence-corrected chi connectivity index (χ4v) is 2.54. The maximum absolute atomic E-state index is 11.9. The lowest BCUT2D eigenvalue weighted by Crippen LogP contribution is -2.19. The topological polar surface area (TPSA) is 80.9 Å². The largest absolute Gasteiger partial charge is 0.465 e. The smallest absolute Gasteiger partial charge is 0.338 e. The van der Waals surface area contributed by atoms with E-state index in [2.05, 4.69) is 10.5 Å². The average Bonchev–Trinajstić information content (AvgIpc) is 3.17. The molecule has 27 heavy (non-hydrogen) atoms. The van der Waals surface area contributed by atoms with E-state index in [4.69, 9.17) is 9.15 Å². The lowest BCUT2D eigenvalue weighted by Gasteiger charge is -2.04. The molecule has 0 bridgehead atoms. The molecule has 1 heterocycles. The van der Waals surface area contributed by atoms with Crippen molar-refractivity contribution in [3.8, 4) is 11.3 Å². The lowest BCUT2D eigenvalue weighted by atomic mass is 10.1. The third kappa shape index (κ3) is 4.70. The minimum atomic E-state index is -0.439. The summed E-state index contributed by atoms with van der Waals surface area (Å²) in [5.41, 5.74) is 4.40. The van der Waals surface area contributed by atoms with E-state index in [0.717, 1.165) is 5.56 Å². The Bertz CT molecular complexity index is 961. The Hall–Kier alpha value is -3.67. The summed E-state index contributed by atoms with van der Waals surface area (Å²) < 4.78 is 10.5. The monoisotopic (exact) mass is 362 g/mol. The minimum Gasteiger partial charge on any atom is -0.465 e. The quantitative estimate of drug-likeness (QED) is 0.414. The third-order valence-corrected chi connectivity index (χ3v) is 3.81. The van der Waals surface area contributed by atoms with Crippen molar-refractivity contribution in [1.82, 2.24) is 5.43 Å². The Labute approximate surface area is 156 Å². The molecule has 3 aromatic rings. The van der Waals surface area contributed by atoms with E-state index in [-0.39, 0.29) is 12.3 Å². The molecule has 0 radical (unpaired) electrons. The van der Waals surface area contributed by atoms with Crippen LogP contribution in [0.3, 0.4) is 0 Å². The van der Waals surface area contributed by atoms with Crippen molar-refractivity contribution in [3.63, 3.8) is 0 Å². The van der Waals surface area contributed by atoms with Gasteiger partial charge in [0.15, 0.2) is 0 Å². The maximum Gasteiger partial charge on any atom is 0.338 e. The molecule has 6 nitrogen and oxygen atoms in total. The first-order valence-corrected chi connectivity index (χ1v) is 8.31. The van der Waals surface area contributed by atoms with E-state index >= 15 is 0 Å². The van der Waals surface area contributed by atoms with Crippen LogP contribution in [0.2, 0.25) is 0 Å². The highest BCUT2D eigenvalue weighted by Crippen LogP contribution is 2.25. The summed E-state index contributed by atoms with van der Waals surface area (Å²) in [6.07, 6.45) is 1.65. The van der Waals surface area contributed by atoms with E-state index in [9.17, 15) is 9.59 Å². The molecule has 0 aliphatic rings. The van der Waals surface area contributed by atoms with Crippen LogP contribution < -0.4 is 5.43 Å². The number of rotatable bonds is 6. The second-order valence-electron chi connectivity index (χ2n) is 5.69. The number of ether oxygens (including phenoxy) is 1. The van der Waals surface area contributed by atoms with Crippen molar-refractivity contribution in [1.29, 1.82) is 0 Å². The Balaban J connectivity index is 1.65. The van der Waals surface area contributed by atoms with E-state index < -0.39 is 5.97 Å². The third-order valence-electron chi connectivity index (χ3n) is 3.81. The van der Waals surface area contributed by atoms with Gasteiger partial charge < -0.3 is 9.15 Å². The van der Waals surface area contributed by atoms with Gasteiger partial charge in [0.1, 0.15) is 11.5 Å². The first kappa shape index (κ1) is 18.1. The van der Waals surface area contributed by atoms with Crippen molar-refractivity contribution >= 4 is 18.1 Å². The van der Waals surface area contributed by atoms with Gasteiger partial charge in [-0.2, -0.15) is 5.10 Å².